The van der Waals surface area contributed by atoms with Gasteiger partial charge in [-0.25, -0.2) is 8.42 Å². The van der Waals surface area contributed by atoms with Gasteiger partial charge in [0.15, 0.2) is 0 Å². The van der Waals surface area contributed by atoms with E-state index in [1.807, 2.05) is 6.92 Å². The summed E-state index contributed by atoms with van der Waals surface area (Å²) in [5, 5.41) is 3.79. The Hall–Kier alpha value is -0.620. The average molecular weight is 317 g/mol. The van der Waals surface area contributed by atoms with Crippen LogP contribution in [0, 0.1) is 0 Å². The Morgan fingerprint density at radius 2 is 2.25 bits per heavy atom. The fourth-order valence-electron chi connectivity index (χ4n) is 2.49. The molecular weight excluding hydrogens is 296 g/mol. The van der Waals surface area contributed by atoms with E-state index in [1.54, 1.807) is 22.5 Å². The number of nitrogens with one attached hydrogen (secondary N) is 1. The fraction of sp³-hybridized carbons (Fsp3) is 0.571. The van der Waals surface area contributed by atoms with Crippen molar-refractivity contribution in [2.45, 2.75) is 37.1 Å². The third kappa shape index (κ3) is 3.73. The van der Waals surface area contributed by atoms with Gasteiger partial charge in [0.2, 0.25) is 10.0 Å². The first-order valence-corrected chi connectivity index (χ1v) is 8.85. The van der Waals surface area contributed by atoms with Crippen LogP contribution in [0.5, 0.6) is 0 Å². The lowest BCUT2D eigenvalue weighted by Crippen LogP contribution is -2.41. The molecule has 2 rings (SSSR count). The van der Waals surface area contributed by atoms with E-state index in [1.165, 1.54) is 6.07 Å². The molecule has 0 saturated carbocycles. The standard InChI is InChI=1S/C14H21ClN2O2S/c1-2-9-17(11-13-6-4-8-16-13)20(18,19)14-7-3-5-12(15)10-14/h3,5,7,10,13,16H,2,4,6,8-9,11H2,1H3. The minimum atomic E-state index is -3.46. The molecule has 1 fully saturated rings. The van der Waals surface area contributed by atoms with Crippen LogP contribution in [0.15, 0.2) is 29.2 Å². The molecule has 1 aliphatic heterocycles. The first kappa shape index (κ1) is 15.8. The molecular formula is C14H21ClN2O2S. The minimum absolute atomic E-state index is 0.260. The minimum Gasteiger partial charge on any atom is -0.313 e. The second-order valence-electron chi connectivity index (χ2n) is 5.11. The van der Waals surface area contributed by atoms with Crippen LogP contribution >= 0.6 is 11.6 Å². The van der Waals surface area contributed by atoms with Crippen LogP contribution in [-0.4, -0.2) is 38.4 Å². The van der Waals surface area contributed by atoms with Crippen LogP contribution in [0.2, 0.25) is 5.02 Å². The molecule has 0 aliphatic carbocycles. The number of hydrogen-bond acceptors (Lipinski definition) is 3. The van der Waals surface area contributed by atoms with Crippen molar-refractivity contribution < 1.29 is 8.42 Å². The van der Waals surface area contributed by atoms with Gasteiger partial charge >= 0.3 is 0 Å². The molecule has 0 bridgehead atoms. The molecule has 1 N–H and O–H groups in total. The molecule has 1 unspecified atom stereocenters. The van der Waals surface area contributed by atoms with Crippen LogP contribution in [0.3, 0.4) is 0 Å². The van der Waals surface area contributed by atoms with Gasteiger partial charge in [-0.15, -0.1) is 0 Å². The maximum absolute atomic E-state index is 12.7. The van der Waals surface area contributed by atoms with Crippen LogP contribution in [0.1, 0.15) is 26.2 Å². The van der Waals surface area contributed by atoms with Gasteiger partial charge < -0.3 is 5.32 Å². The molecule has 0 amide bonds. The van der Waals surface area contributed by atoms with Crippen LogP contribution < -0.4 is 5.32 Å². The quantitative estimate of drug-likeness (QED) is 0.877. The number of hydrogen-bond donors (Lipinski definition) is 1. The van der Waals surface area contributed by atoms with Gasteiger partial charge in [0.1, 0.15) is 0 Å². The highest BCUT2D eigenvalue weighted by molar-refractivity contribution is 7.89. The van der Waals surface area contributed by atoms with E-state index in [0.29, 0.717) is 18.1 Å². The summed E-state index contributed by atoms with van der Waals surface area (Å²) in [6.07, 6.45) is 2.94. The summed E-state index contributed by atoms with van der Waals surface area (Å²) in [5.74, 6) is 0. The lowest BCUT2D eigenvalue weighted by molar-refractivity contribution is 0.369. The van der Waals surface area contributed by atoms with Crippen molar-refractivity contribution >= 4 is 21.6 Å². The summed E-state index contributed by atoms with van der Waals surface area (Å²) in [6, 6.07) is 6.74. The average Bonchev–Trinajstić information content (AvgIpc) is 2.91. The van der Waals surface area contributed by atoms with Gasteiger partial charge in [0, 0.05) is 24.2 Å². The molecule has 0 radical (unpaired) electrons. The summed E-state index contributed by atoms with van der Waals surface area (Å²) in [5.41, 5.74) is 0. The van der Waals surface area contributed by atoms with Gasteiger partial charge in [-0.05, 0) is 44.0 Å². The molecule has 1 aliphatic rings. The third-order valence-corrected chi connectivity index (χ3v) is 5.59. The first-order chi connectivity index (χ1) is 9.54. The maximum atomic E-state index is 12.7. The highest BCUT2D eigenvalue weighted by atomic mass is 35.5. The van der Waals surface area contributed by atoms with Crippen LogP contribution in [0.4, 0.5) is 0 Å². The van der Waals surface area contributed by atoms with E-state index in [9.17, 15) is 8.42 Å². The Balaban J connectivity index is 2.21. The molecule has 20 heavy (non-hydrogen) atoms. The SMILES string of the molecule is CCCN(CC1CCCN1)S(=O)(=O)c1cccc(Cl)c1. The predicted molar refractivity (Wildman–Crippen MR) is 81.5 cm³/mol. The zero-order valence-electron chi connectivity index (χ0n) is 11.7. The first-order valence-electron chi connectivity index (χ1n) is 7.03. The van der Waals surface area contributed by atoms with E-state index in [4.69, 9.17) is 11.6 Å². The number of rotatable bonds is 6. The van der Waals surface area contributed by atoms with Crippen molar-refractivity contribution in [2.24, 2.45) is 0 Å². The Labute approximate surface area is 126 Å². The third-order valence-electron chi connectivity index (χ3n) is 3.49. The van der Waals surface area contributed by atoms with Gasteiger partial charge in [-0.2, -0.15) is 4.31 Å². The normalized spacial score (nSPS) is 19.6. The second-order valence-corrected chi connectivity index (χ2v) is 7.49. The Morgan fingerprint density at radius 3 is 2.85 bits per heavy atom. The molecule has 1 aromatic rings. The summed E-state index contributed by atoms with van der Waals surface area (Å²) in [4.78, 5) is 0.274. The summed E-state index contributed by atoms with van der Waals surface area (Å²) < 4.78 is 27.0. The largest absolute Gasteiger partial charge is 0.313 e. The van der Waals surface area contributed by atoms with E-state index >= 15 is 0 Å². The number of sulfonamides is 1. The van der Waals surface area contributed by atoms with Gasteiger partial charge in [0.25, 0.3) is 0 Å². The van der Waals surface area contributed by atoms with Crippen LogP contribution in [-0.2, 0) is 10.0 Å². The molecule has 1 heterocycles. The lowest BCUT2D eigenvalue weighted by atomic mass is 10.2. The van der Waals surface area contributed by atoms with Crippen molar-refractivity contribution in [3.8, 4) is 0 Å². The maximum Gasteiger partial charge on any atom is 0.243 e. The van der Waals surface area contributed by atoms with Gasteiger partial charge in [0.05, 0.1) is 4.90 Å². The highest BCUT2D eigenvalue weighted by Gasteiger charge is 2.27. The molecule has 1 atom stereocenters. The van der Waals surface area contributed by atoms with Gasteiger partial charge in [-0.3, -0.25) is 0 Å². The van der Waals surface area contributed by atoms with Gasteiger partial charge in [-0.1, -0.05) is 24.6 Å². The summed E-state index contributed by atoms with van der Waals surface area (Å²) in [7, 11) is -3.46. The molecule has 0 spiro atoms. The summed E-state index contributed by atoms with van der Waals surface area (Å²) >= 11 is 5.91. The van der Waals surface area contributed by atoms with E-state index < -0.39 is 10.0 Å². The predicted octanol–water partition coefficient (Wildman–Crippen LogP) is 2.49. The van der Waals surface area contributed by atoms with Crippen molar-refractivity contribution in [3.63, 3.8) is 0 Å². The topological polar surface area (TPSA) is 49.4 Å². The van der Waals surface area contributed by atoms with Crippen molar-refractivity contribution in [1.82, 2.24) is 9.62 Å². The van der Waals surface area contributed by atoms with E-state index in [0.717, 1.165) is 25.8 Å². The van der Waals surface area contributed by atoms with E-state index in [-0.39, 0.29) is 10.9 Å². The highest BCUT2D eigenvalue weighted by Crippen LogP contribution is 2.21. The van der Waals surface area contributed by atoms with Crippen molar-refractivity contribution in [2.75, 3.05) is 19.6 Å². The van der Waals surface area contributed by atoms with E-state index in [2.05, 4.69) is 5.32 Å². The molecule has 1 aromatic carbocycles. The molecule has 6 heteroatoms. The zero-order valence-corrected chi connectivity index (χ0v) is 13.3. The summed E-state index contributed by atoms with van der Waals surface area (Å²) in [6.45, 7) is 4.03. The zero-order chi connectivity index (χ0) is 14.6. The molecule has 0 aromatic heterocycles. The Bertz CT molecular complexity index is 542. The smallest absolute Gasteiger partial charge is 0.243 e. The van der Waals surface area contributed by atoms with Crippen LogP contribution in [0.25, 0.3) is 0 Å². The van der Waals surface area contributed by atoms with Crippen molar-refractivity contribution in [3.05, 3.63) is 29.3 Å². The number of nitrogens with zero attached hydrogens (tertiary/aromatic N) is 1. The molecule has 112 valence electrons. The Kier molecular flexibility index (Phi) is 5.43. The lowest BCUT2D eigenvalue weighted by Gasteiger charge is -2.25. The molecule has 4 nitrogen and oxygen atoms in total. The second kappa shape index (κ2) is 6.89. The number of benzene rings is 1. The fourth-order valence-corrected chi connectivity index (χ4v) is 4.37. The monoisotopic (exact) mass is 316 g/mol. The number of halogens is 1. The Morgan fingerprint density at radius 1 is 1.45 bits per heavy atom. The molecule has 1 saturated heterocycles. The van der Waals surface area contributed by atoms with Crippen molar-refractivity contribution in [1.29, 1.82) is 0 Å².